The van der Waals surface area contributed by atoms with Crippen molar-refractivity contribution < 1.29 is 9.53 Å². The summed E-state index contributed by atoms with van der Waals surface area (Å²) in [5.74, 6) is 0.190. The van der Waals surface area contributed by atoms with Crippen molar-refractivity contribution in [3.05, 3.63) is 0 Å². The van der Waals surface area contributed by atoms with Crippen molar-refractivity contribution in [3.8, 4) is 0 Å². The molecule has 0 N–H and O–H groups in total. The van der Waals surface area contributed by atoms with E-state index in [1.54, 1.807) is 0 Å². The van der Waals surface area contributed by atoms with Crippen molar-refractivity contribution in [3.63, 3.8) is 0 Å². The lowest BCUT2D eigenvalue weighted by molar-refractivity contribution is -0.130. The maximum absolute atomic E-state index is 11.3. The van der Waals surface area contributed by atoms with Crippen molar-refractivity contribution in [1.29, 1.82) is 0 Å². The number of hydrogen-bond donors (Lipinski definition) is 0. The van der Waals surface area contributed by atoms with Crippen molar-refractivity contribution >= 4 is 21.8 Å². The van der Waals surface area contributed by atoms with Crippen LogP contribution < -0.4 is 0 Å². The molecule has 3 nitrogen and oxygen atoms in total. The van der Waals surface area contributed by atoms with Gasteiger partial charge in [-0.3, -0.25) is 4.79 Å². The van der Waals surface area contributed by atoms with Crippen molar-refractivity contribution in [2.24, 2.45) is 0 Å². The van der Waals surface area contributed by atoms with E-state index in [1.165, 1.54) is 0 Å². The summed E-state index contributed by atoms with van der Waals surface area (Å²) in [6.45, 7) is 4.47. The molecule has 13 heavy (non-hydrogen) atoms. The van der Waals surface area contributed by atoms with Crippen LogP contribution in [-0.2, 0) is 9.53 Å². The lowest BCUT2D eigenvalue weighted by Gasteiger charge is -2.31. The number of rotatable bonds is 3. The summed E-state index contributed by atoms with van der Waals surface area (Å²) in [6.07, 6.45) is 2.32. The van der Waals surface area contributed by atoms with Gasteiger partial charge in [0.05, 0.1) is 11.4 Å². The maximum Gasteiger partial charge on any atom is 0.233 e. The topological polar surface area (TPSA) is 29.5 Å². The van der Waals surface area contributed by atoms with Crippen molar-refractivity contribution in [2.45, 2.75) is 25.9 Å². The zero-order chi connectivity index (χ0) is 9.68. The molecule has 1 fully saturated rings. The Hall–Kier alpha value is -0.0900. The van der Waals surface area contributed by atoms with Crippen LogP contribution in [0.2, 0.25) is 0 Å². The lowest BCUT2D eigenvalue weighted by atomic mass is 10.1. The zero-order valence-electron chi connectivity index (χ0n) is 7.96. The SMILES string of the molecule is CCOC1CCN(C(=O)CBr)CC1. The Balaban J connectivity index is 2.26. The zero-order valence-corrected chi connectivity index (χ0v) is 9.55. The van der Waals surface area contributed by atoms with Gasteiger partial charge in [-0.1, -0.05) is 15.9 Å². The van der Waals surface area contributed by atoms with E-state index in [2.05, 4.69) is 15.9 Å². The number of alkyl halides is 1. The van der Waals surface area contributed by atoms with E-state index in [4.69, 9.17) is 4.74 Å². The lowest BCUT2D eigenvalue weighted by Crippen LogP contribution is -2.41. The van der Waals surface area contributed by atoms with Crippen LogP contribution >= 0.6 is 15.9 Å². The van der Waals surface area contributed by atoms with Gasteiger partial charge in [-0.25, -0.2) is 0 Å². The molecule has 1 aliphatic heterocycles. The summed E-state index contributed by atoms with van der Waals surface area (Å²) in [7, 11) is 0. The van der Waals surface area contributed by atoms with Gasteiger partial charge in [0.1, 0.15) is 0 Å². The standard InChI is InChI=1S/C9H16BrNO2/c1-2-13-8-3-5-11(6-4-8)9(12)7-10/h8H,2-7H2,1H3. The normalized spacial score (nSPS) is 19.1. The highest BCUT2D eigenvalue weighted by molar-refractivity contribution is 9.09. The second-order valence-corrected chi connectivity index (χ2v) is 3.73. The van der Waals surface area contributed by atoms with Gasteiger partial charge in [0.15, 0.2) is 0 Å². The average Bonchev–Trinajstić information content (AvgIpc) is 2.18. The van der Waals surface area contributed by atoms with E-state index in [0.717, 1.165) is 32.5 Å². The van der Waals surface area contributed by atoms with Crippen molar-refractivity contribution in [1.82, 2.24) is 4.90 Å². The van der Waals surface area contributed by atoms with Gasteiger partial charge in [0.25, 0.3) is 0 Å². The smallest absolute Gasteiger partial charge is 0.233 e. The van der Waals surface area contributed by atoms with Crippen LogP contribution in [0.15, 0.2) is 0 Å². The first-order chi connectivity index (χ1) is 6.27. The van der Waals surface area contributed by atoms with E-state index in [1.807, 2.05) is 11.8 Å². The van der Waals surface area contributed by atoms with Crippen LogP contribution in [0.5, 0.6) is 0 Å². The number of carbonyl (C=O) groups is 1. The monoisotopic (exact) mass is 249 g/mol. The number of piperidine rings is 1. The summed E-state index contributed by atoms with van der Waals surface area (Å²) < 4.78 is 5.49. The number of nitrogens with zero attached hydrogens (tertiary/aromatic N) is 1. The predicted octanol–water partition coefficient (Wildman–Crippen LogP) is 1.41. The molecule has 0 saturated carbocycles. The summed E-state index contributed by atoms with van der Waals surface area (Å²) in [4.78, 5) is 13.2. The first-order valence-electron chi connectivity index (χ1n) is 4.73. The van der Waals surface area contributed by atoms with Crippen LogP contribution in [0.25, 0.3) is 0 Å². The molecular weight excluding hydrogens is 234 g/mol. The molecule has 0 aromatic heterocycles. The molecule has 0 atom stereocenters. The Labute approximate surface area is 87.6 Å². The molecule has 0 radical (unpaired) electrons. The van der Waals surface area contributed by atoms with Gasteiger partial charge in [-0.2, -0.15) is 0 Å². The van der Waals surface area contributed by atoms with Crippen molar-refractivity contribution in [2.75, 3.05) is 25.0 Å². The number of ether oxygens (including phenoxy) is 1. The highest BCUT2D eigenvalue weighted by Crippen LogP contribution is 2.13. The fourth-order valence-electron chi connectivity index (χ4n) is 1.59. The van der Waals surface area contributed by atoms with Gasteiger partial charge < -0.3 is 9.64 Å². The summed E-state index contributed by atoms with van der Waals surface area (Å²) in [5, 5.41) is 0.437. The van der Waals surface area contributed by atoms with E-state index in [9.17, 15) is 4.79 Å². The van der Waals surface area contributed by atoms with Crippen LogP contribution in [0.3, 0.4) is 0 Å². The van der Waals surface area contributed by atoms with Gasteiger partial charge in [0.2, 0.25) is 5.91 Å². The Morgan fingerprint density at radius 1 is 1.54 bits per heavy atom. The third-order valence-corrected chi connectivity index (χ3v) is 2.79. The Kier molecular flexibility index (Phi) is 4.73. The molecule has 0 unspecified atom stereocenters. The van der Waals surface area contributed by atoms with E-state index < -0.39 is 0 Å². The Morgan fingerprint density at radius 2 is 2.15 bits per heavy atom. The van der Waals surface area contributed by atoms with Gasteiger partial charge in [0, 0.05) is 19.7 Å². The Bertz CT molecular complexity index is 167. The Morgan fingerprint density at radius 3 is 2.62 bits per heavy atom. The minimum atomic E-state index is 0.190. The third-order valence-electron chi connectivity index (χ3n) is 2.31. The van der Waals surface area contributed by atoms with Gasteiger partial charge >= 0.3 is 0 Å². The molecule has 0 aromatic rings. The van der Waals surface area contributed by atoms with Gasteiger partial charge in [-0.05, 0) is 19.8 Å². The summed E-state index contributed by atoms with van der Waals surface area (Å²) in [5.41, 5.74) is 0. The first kappa shape index (κ1) is 11.0. The van der Waals surface area contributed by atoms with E-state index >= 15 is 0 Å². The number of halogens is 1. The number of hydrogen-bond acceptors (Lipinski definition) is 2. The van der Waals surface area contributed by atoms with Crippen LogP contribution in [0.1, 0.15) is 19.8 Å². The number of likely N-dealkylation sites (tertiary alicyclic amines) is 1. The van der Waals surface area contributed by atoms with Gasteiger partial charge in [-0.15, -0.1) is 0 Å². The van der Waals surface area contributed by atoms with E-state index in [0.29, 0.717) is 11.4 Å². The third kappa shape index (κ3) is 3.27. The van der Waals surface area contributed by atoms with Crippen LogP contribution in [-0.4, -0.2) is 41.9 Å². The largest absolute Gasteiger partial charge is 0.378 e. The molecule has 76 valence electrons. The highest BCUT2D eigenvalue weighted by Gasteiger charge is 2.21. The summed E-state index contributed by atoms with van der Waals surface area (Å²) >= 11 is 3.17. The maximum atomic E-state index is 11.3. The molecule has 1 aliphatic rings. The minimum Gasteiger partial charge on any atom is -0.378 e. The molecule has 0 aromatic carbocycles. The molecule has 1 rings (SSSR count). The minimum absolute atomic E-state index is 0.190. The predicted molar refractivity (Wildman–Crippen MR) is 55.0 cm³/mol. The number of amides is 1. The fourth-order valence-corrected chi connectivity index (χ4v) is 1.95. The molecule has 4 heteroatoms. The average molecular weight is 250 g/mol. The first-order valence-corrected chi connectivity index (χ1v) is 5.85. The quantitative estimate of drug-likeness (QED) is 0.709. The van der Waals surface area contributed by atoms with Crippen LogP contribution in [0.4, 0.5) is 0 Å². The number of carbonyl (C=O) groups excluding carboxylic acids is 1. The molecule has 0 bridgehead atoms. The summed E-state index contributed by atoms with van der Waals surface area (Å²) in [6, 6.07) is 0. The highest BCUT2D eigenvalue weighted by atomic mass is 79.9. The molecular formula is C9H16BrNO2. The molecule has 1 amide bonds. The molecule has 1 heterocycles. The second kappa shape index (κ2) is 5.60. The second-order valence-electron chi connectivity index (χ2n) is 3.17. The molecule has 0 aliphatic carbocycles. The fraction of sp³-hybridized carbons (Fsp3) is 0.889. The molecule has 1 saturated heterocycles. The molecule has 0 spiro atoms. The van der Waals surface area contributed by atoms with Crippen LogP contribution in [0, 0.1) is 0 Å². The van der Waals surface area contributed by atoms with E-state index in [-0.39, 0.29) is 5.91 Å².